The Morgan fingerprint density at radius 3 is 2.64 bits per heavy atom. The normalized spacial score (nSPS) is 12.6. The highest BCUT2D eigenvalue weighted by Gasteiger charge is 2.15. The van der Waals surface area contributed by atoms with E-state index in [2.05, 4.69) is 0 Å². The molecule has 0 saturated heterocycles. The van der Waals surface area contributed by atoms with E-state index >= 15 is 0 Å². The van der Waals surface area contributed by atoms with Crippen LogP contribution in [-0.4, -0.2) is 12.6 Å². The van der Waals surface area contributed by atoms with Crippen molar-refractivity contribution in [3.8, 4) is 5.75 Å². The minimum atomic E-state index is -1.08. The van der Waals surface area contributed by atoms with Crippen molar-refractivity contribution in [3.05, 3.63) is 23.8 Å². The molecule has 4 N–H and O–H groups in total. The van der Waals surface area contributed by atoms with Gasteiger partial charge in [0, 0.05) is 6.54 Å². The average molecular weight is 202 g/mol. The van der Waals surface area contributed by atoms with E-state index < -0.39 is 17.7 Å². The Morgan fingerprint density at radius 2 is 2.07 bits per heavy atom. The Bertz CT molecular complexity index is 331. The maximum atomic E-state index is 13.1. The highest BCUT2D eigenvalue weighted by Crippen LogP contribution is 2.27. The van der Waals surface area contributed by atoms with Crippen molar-refractivity contribution in [1.82, 2.24) is 0 Å². The number of hydrogen-bond donors (Lipinski definition) is 2. The standard InChI is InChI=1S/C9H12F2N2O/c1-5(4-12)14-9-7(13)3-2-6(10)8(9)11/h2-3,5H,4,12-13H2,1H3. The van der Waals surface area contributed by atoms with Gasteiger partial charge in [-0.3, -0.25) is 0 Å². The molecule has 0 radical (unpaired) electrons. The predicted molar refractivity (Wildman–Crippen MR) is 49.9 cm³/mol. The third-order valence-electron chi connectivity index (χ3n) is 1.73. The molecule has 0 spiro atoms. The summed E-state index contributed by atoms with van der Waals surface area (Å²) in [5.74, 6) is -2.34. The van der Waals surface area contributed by atoms with Crippen molar-refractivity contribution in [1.29, 1.82) is 0 Å². The number of benzene rings is 1. The lowest BCUT2D eigenvalue weighted by Gasteiger charge is -2.14. The first-order chi connectivity index (χ1) is 6.56. The van der Waals surface area contributed by atoms with Crippen LogP contribution in [0.1, 0.15) is 6.92 Å². The molecule has 1 atom stereocenters. The fraction of sp³-hybridized carbons (Fsp3) is 0.333. The number of hydrogen-bond acceptors (Lipinski definition) is 3. The second-order valence-corrected chi connectivity index (χ2v) is 2.94. The van der Waals surface area contributed by atoms with Gasteiger partial charge in [-0.25, -0.2) is 4.39 Å². The molecule has 0 amide bonds. The molecular weight excluding hydrogens is 190 g/mol. The van der Waals surface area contributed by atoms with Crippen molar-refractivity contribution < 1.29 is 13.5 Å². The maximum absolute atomic E-state index is 13.1. The van der Waals surface area contributed by atoms with Crippen LogP contribution in [0.2, 0.25) is 0 Å². The number of anilines is 1. The lowest BCUT2D eigenvalue weighted by Crippen LogP contribution is -2.23. The van der Waals surface area contributed by atoms with Gasteiger partial charge in [0.25, 0.3) is 0 Å². The highest BCUT2D eigenvalue weighted by atomic mass is 19.2. The molecule has 78 valence electrons. The number of ether oxygens (including phenoxy) is 1. The van der Waals surface area contributed by atoms with Gasteiger partial charge in [-0.05, 0) is 19.1 Å². The van der Waals surface area contributed by atoms with Crippen LogP contribution in [0.15, 0.2) is 12.1 Å². The molecule has 0 aliphatic heterocycles. The summed E-state index contributed by atoms with van der Waals surface area (Å²) in [5, 5.41) is 0. The third kappa shape index (κ3) is 2.11. The molecule has 0 fully saturated rings. The SMILES string of the molecule is CC(CN)Oc1c(N)ccc(F)c1F. The van der Waals surface area contributed by atoms with Gasteiger partial charge in [-0.2, -0.15) is 4.39 Å². The minimum Gasteiger partial charge on any atom is -0.484 e. The quantitative estimate of drug-likeness (QED) is 0.725. The van der Waals surface area contributed by atoms with Crippen LogP contribution in [0, 0.1) is 11.6 Å². The van der Waals surface area contributed by atoms with Gasteiger partial charge in [-0.1, -0.05) is 0 Å². The summed E-state index contributed by atoms with van der Waals surface area (Å²) >= 11 is 0. The van der Waals surface area contributed by atoms with Crippen LogP contribution in [-0.2, 0) is 0 Å². The van der Waals surface area contributed by atoms with Crippen LogP contribution < -0.4 is 16.2 Å². The van der Waals surface area contributed by atoms with E-state index in [9.17, 15) is 8.78 Å². The largest absolute Gasteiger partial charge is 0.484 e. The average Bonchev–Trinajstić information content (AvgIpc) is 2.18. The summed E-state index contributed by atoms with van der Waals surface area (Å²) in [6, 6.07) is 2.20. The van der Waals surface area contributed by atoms with Gasteiger partial charge in [0.15, 0.2) is 11.6 Å². The highest BCUT2D eigenvalue weighted by molar-refractivity contribution is 5.53. The molecule has 0 aliphatic rings. The molecule has 1 aromatic rings. The number of rotatable bonds is 3. The number of halogens is 2. The summed E-state index contributed by atoms with van der Waals surface area (Å²) in [4.78, 5) is 0. The van der Waals surface area contributed by atoms with Crippen LogP contribution in [0.4, 0.5) is 14.5 Å². The van der Waals surface area contributed by atoms with Gasteiger partial charge >= 0.3 is 0 Å². The molecule has 0 aliphatic carbocycles. The molecule has 14 heavy (non-hydrogen) atoms. The minimum absolute atomic E-state index is 0.0594. The number of nitrogen functional groups attached to an aromatic ring is 1. The Morgan fingerprint density at radius 1 is 1.43 bits per heavy atom. The van der Waals surface area contributed by atoms with Crippen molar-refractivity contribution >= 4 is 5.69 Å². The monoisotopic (exact) mass is 202 g/mol. The van der Waals surface area contributed by atoms with Crippen LogP contribution >= 0.6 is 0 Å². The Labute approximate surface area is 80.7 Å². The first-order valence-corrected chi connectivity index (χ1v) is 4.16. The molecular formula is C9H12F2N2O. The van der Waals surface area contributed by atoms with Crippen molar-refractivity contribution in [2.45, 2.75) is 13.0 Å². The van der Waals surface area contributed by atoms with E-state index in [1.54, 1.807) is 6.92 Å². The van der Waals surface area contributed by atoms with E-state index in [1.807, 2.05) is 0 Å². The first-order valence-electron chi connectivity index (χ1n) is 4.16. The van der Waals surface area contributed by atoms with Crippen molar-refractivity contribution in [3.63, 3.8) is 0 Å². The second kappa shape index (κ2) is 4.23. The molecule has 1 aromatic carbocycles. The fourth-order valence-corrected chi connectivity index (χ4v) is 0.916. The van der Waals surface area contributed by atoms with Gasteiger partial charge in [0.2, 0.25) is 5.82 Å². The summed E-state index contributed by atoms with van der Waals surface area (Å²) in [7, 11) is 0. The third-order valence-corrected chi connectivity index (χ3v) is 1.73. The maximum Gasteiger partial charge on any atom is 0.202 e. The molecule has 1 rings (SSSR count). The van der Waals surface area contributed by atoms with Crippen LogP contribution in [0.25, 0.3) is 0 Å². The Balaban J connectivity index is 3.00. The molecule has 0 aromatic heterocycles. The molecule has 0 heterocycles. The molecule has 0 saturated carbocycles. The lowest BCUT2D eigenvalue weighted by atomic mass is 10.2. The second-order valence-electron chi connectivity index (χ2n) is 2.94. The molecule has 3 nitrogen and oxygen atoms in total. The summed E-state index contributed by atoms with van der Waals surface area (Å²) in [6.07, 6.45) is -0.409. The molecule has 5 heteroatoms. The summed E-state index contributed by atoms with van der Waals surface area (Å²) < 4.78 is 31.0. The fourth-order valence-electron chi connectivity index (χ4n) is 0.916. The zero-order valence-corrected chi connectivity index (χ0v) is 7.76. The van der Waals surface area contributed by atoms with Crippen LogP contribution in [0.5, 0.6) is 5.75 Å². The van der Waals surface area contributed by atoms with E-state index in [0.717, 1.165) is 6.07 Å². The lowest BCUT2D eigenvalue weighted by molar-refractivity contribution is 0.218. The topological polar surface area (TPSA) is 61.3 Å². The summed E-state index contributed by atoms with van der Waals surface area (Å²) in [5.41, 5.74) is 10.8. The van der Waals surface area contributed by atoms with Gasteiger partial charge in [0.1, 0.15) is 6.10 Å². The molecule has 1 unspecified atom stereocenters. The Hall–Kier alpha value is -1.36. The van der Waals surface area contributed by atoms with Crippen molar-refractivity contribution in [2.24, 2.45) is 5.73 Å². The summed E-state index contributed by atoms with van der Waals surface area (Å²) in [6.45, 7) is 1.85. The molecule has 0 bridgehead atoms. The van der Waals surface area contributed by atoms with Crippen molar-refractivity contribution in [2.75, 3.05) is 12.3 Å². The van der Waals surface area contributed by atoms with Gasteiger partial charge < -0.3 is 16.2 Å². The smallest absolute Gasteiger partial charge is 0.202 e. The first kappa shape index (κ1) is 10.7. The van der Waals surface area contributed by atoms with Gasteiger partial charge in [-0.15, -0.1) is 0 Å². The van der Waals surface area contributed by atoms with E-state index in [1.165, 1.54) is 6.07 Å². The van der Waals surface area contributed by atoms with E-state index in [0.29, 0.717) is 0 Å². The van der Waals surface area contributed by atoms with Gasteiger partial charge in [0.05, 0.1) is 5.69 Å². The predicted octanol–water partition coefficient (Wildman–Crippen LogP) is 1.27. The van der Waals surface area contributed by atoms with Crippen LogP contribution in [0.3, 0.4) is 0 Å². The zero-order valence-electron chi connectivity index (χ0n) is 7.76. The Kier molecular flexibility index (Phi) is 3.24. The van der Waals surface area contributed by atoms with E-state index in [-0.39, 0.29) is 18.0 Å². The zero-order chi connectivity index (χ0) is 10.7. The number of nitrogens with two attached hydrogens (primary N) is 2. The van der Waals surface area contributed by atoms with E-state index in [4.69, 9.17) is 16.2 Å².